The van der Waals surface area contributed by atoms with E-state index in [0.29, 0.717) is 13.0 Å². The molecular weight excluding hydrogens is 486 g/mol. The van der Waals surface area contributed by atoms with Crippen molar-refractivity contribution in [3.8, 4) is 0 Å². The lowest BCUT2D eigenvalue weighted by Gasteiger charge is -2.54. The Hall–Kier alpha value is -3.56. The van der Waals surface area contributed by atoms with Crippen LogP contribution in [0, 0.1) is 0 Å². The average molecular weight is 518 g/mol. The number of fused-ring (bicyclic) bond motifs is 2. The van der Waals surface area contributed by atoms with Crippen LogP contribution in [-0.4, -0.2) is 77.1 Å². The van der Waals surface area contributed by atoms with Crippen LogP contribution >= 0.6 is 11.8 Å². The van der Waals surface area contributed by atoms with Gasteiger partial charge in [0.15, 0.2) is 0 Å². The van der Waals surface area contributed by atoms with Crippen LogP contribution in [-0.2, 0) is 16.1 Å². The normalized spacial score (nSPS) is 20.3. The summed E-state index contributed by atoms with van der Waals surface area (Å²) in [4.78, 5) is 44.0. The molecule has 0 aromatic heterocycles. The Bertz CT molecular complexity index is 1300. The minimum atomic E-state index is -0.636. The summed E-state index contributed by atoms with van der Waals surface area (Å²) in [6.07, 6.45) is 1.90. The van der Waals surface area contributed by atoms with Crippen LogP contribution in [0.4, 0.5) is 10.5 Å². The van der Waals surface area contributed by atoms with Crippen LogP contribution in [0.15, 0.2) is 72.8 Å². The van der Waals surface area contributed by atoms with Crippen molar-refractivity contribution in [2.45, 2.75) is 25.2 Å². The van der Waals surface area contributed by atoms with Gasteiger partial charge in [0.05, 0.1) is 13.1 Å². The molecule has 4 amide bonds. The Balaban J connectivity index is 1.48. The molecule has 2 heterocycles. The van der Waals surface area contributed by atoms with E-state index in [9.17, 15) is 14.4 Å². The molecule has 5 rings (SSSR count). The van der Waals surface area contributed by atoms with Gasteiger partial charge in [0, 0.05) is 19.3 Å². The number of anilines is 1. The highest BCUT2D eigenvalue weighted by molar-refractivity contribution is 7.98. The van der Waals surface area contributed by atoms with Gasteiger partial charge in [-0.25, -0.2) is 14.8 Å². The first-order valence-electron chi connectivity index (χ1n) is 12.4. The largest absolute Gasteiger partial charge is 0.334 e. The van der Waals surface area contributed by atoms with Crippen molar-refractivity contribution >= 4 is 46.1 Å². The fourth-order valence-electron chi connectivity index (χ4n) is 5.18. The van der Waals surface area contributed by atoms with Crippen molar-refractivity contribution in [2.24, 2.45) is 0 Å². The number of nitrogens with one attached hydrogen (secondary N) is 1. The summed E-state index contributed by atoms with van der Waals surface area (Å²) >= 11 is 1.64. The van der Waals surface area contributed by atoms with E-state index in [2.05, 4.69) is 5.32 Å². The fraction of sp³-hybridized carbons (Fsp3) is 0.321. The second-order valence-electron chi connectivity index (χ2n) is 9.36. The SMILES string of the molecule is CSCCC1C(=O)N(c2ccc3ccccc3c2)CC2N1C(=O)CN(C)N2C(=O)NCc1ccccc1. The zero-order valence-electron chi connectivity index (χ0n) is 21.0. The molecular formula is C28H31N5O3S. The maximum atomic E-state index is 13.8. The van der Waals surface area contributed by atoms with Crippen molar-refractivity contribution in [3.05, 3.63) is 78.4 Å². The third-order valence-corrected chi connectivity index (χ3v) is 7.63. The van der Waals surface area contributed by atoms with Crippen molar-refractivity contribution in [1.29, 1.82) is 0 Å². The monoisotopic (exact) mass is 517 g/mol. The number of amides is 4. The molecule has 8 nitrogen and oxygen atoms in total. The number of carbonyl (C=O) groups is 3. The third-order valence-electron chi connectivity index (χ3n) is 6.99. The highest BCUT2D eigenvalue weighted by Gasteiger charge is 2.50. The number of urea groups is 1. The molecule has 2 atom stereocenters. The second kappa shape index (κ2) is 10.8. The van der Waals surface area contributed by atoms with Gasteiger partial charge in [-0.3, -0.25) is 9.59 Å². The number of hydrogen-bond acceptors (Lipinski definition) is 5. The molecule has 0 radical (unpaired) electrons. The van der Waals surface area contributed by atoms with Gasteiger partial charge in [0.25, 0.3) is 0 Å². The predicted octanol–water partition coefficient (Wildman–Crippen LogP) is 3.54. The standard InChI is InChI=1S/C28H31N5O3S/c1-30-19-26(34)32-24(14-15-37-2)27(35)31(23-13-12-21-10-6-7-11-22(21)16-23)18-25(32)33(30)28(36)29-17-20-8-4-3-5-9-20/h3-13,16,24-25H,14-15,17-19H2,1-2H3,(H,29,36). The Morgan fingerprint density at radius 3 is 2.49 bits per heavy atom. The topological polar surface area (TPSA) is 76.2 Å². The van der Waals surface area contributed by atoms with Crippen molar-refractivity contribution in [2.75, 3.05) is 37.0 Å². The number of thioether (sulfide) groups is 1. The molecule has 192 valence electrons. The van der Waals surface area contributed by atoms with Crippen molar-refractivity contribution in [3.63, 3.8) is 0 Å². The average Bonchev–Trinajstić information content (AvgIpc) is 2.91. The molecule has 2 unspecified atom stereocenters. The molecule has 37 heavy (non-hydrogen) atoms. The molecule has 1 N–H and O–H groups in total. The van der Waals surface area contributed by atoms with E-state index in [4.69, 9.17) is 0 Å². The lowest BCUT2D eigenvalue weighted by Crippen LogP contribution is -2.76. The summed E-state index contributed by atoms with van der Waals surface area (Å²) < 4.78 is 0. The molecule has 2 aliphatic heterocycles. The van der Waals surface area contributed by atoms with E-state index in [1.165, 1.54) is 0 Å². The van der Waals surface area contributed by atoms with E-state index < -0.39 is 12.2 Å². The first-order valence-corrected chi connectivity index (χ1v) is 13.8. The number of rotatable bonds is 6. The Morgan fingerprint density at radius 2 is 1.73 bits per heavy atom. The number of hydrogen-bond donors (Lipinski definition) is 1. The van der Waals surface area contributed by atoms with Gasteiger partial charge in [-0.05, 0) is 46.9 Å². The maximum absolute atomic E-state index is 13.8. The smallest absolute Gasteiger partial charge is 0.333 e. The molecule has 9 heteroatoms. The fourth-order valence-corrected chi connectivity index (χ4v) is 5.64. The van der Waals surface area contributed by atoms with Gasteiger partial charge in [-0.1, -0.05) is 60.7 Å². The quantitative estimate of drug-likeness (QED) is 0.542. The molecule has 2 saturated heterocycles. The summed E-state index contributed by atoms with van der Waals surface area (Å²) in [7, 11) is 1.74. The molecule has 0 spiro atoms. The van der Waals surface area contributed by atoms with Crippen LogP contribution in [0.25, 0.3) is 10.8 Å². The number of piperazine rings is 1. The van der Waals surface area contributed by atoms with Gasteiger partial charge in [0.1, 0.15) is 12.2 Å². The van der Waals surface area contributed by atoms with E-state index in [-0.39, 0.29) is 30.9 Å². The highest BCUT2D eigenvalue weighted by Crippen LogP contribution is 2.32. The number of carbonyl (C=O) groups excluding carboxylic acids is 3. The summed E-state index contributed by atoms with van der Waals surface area (Å²) in [5, 5.41) is 8.37. The summed E-state index contributed by atoms with van der Waals surface area (Å²) in [6, 6.07) is 22.7. The number of likely N-dealkylation sites (N-methyl/N-ethyl adjacent to an activating group) is 1. The summed E-state index contributed by atoms with van der Waals surface area (Å²) in [6.45, 7) is 0.601. The first-order chi connectivity index (χ1) is 18.0. The molecule has 0 aliphatic carbocycles. The van der Waals surface area contributed by atoms with Crippen LogP contribution < -0.4 is 10.2 Å². The lowest BCUT2D eigenvalue weighted by molar-refractivity contribution is -0.174. The number of hydrazine groups is 1. The Morgan fingerprint density at radius 1 is 1.00 bits per heavy atom. The van der Waals surface area contributed by atoms with Gasteiger partial charge in [-0.2, -0.15) is 11.8 Å². The number of nitrogens with zero attached hydrogens (tertiary/aromatic N) is 4. The Kier molecular flexibility index (Phi) is 7.34. The predicted molar refractivity (Wildman–Crippen MR) is 147 cm³/mol. The van der Waals surface area contributed by atoms with Crippen molar-refractivity contribution < 1.29 is 14.4 Å². The van der Waals surface area contributed by atoms with Gasteiger partial charge in [-0.15, -0.1) is 0 Å². The lowest BCUT2D eigenvalue weighted by atomic mass is 10.0. The minimum Gasteiger partial charge on any atom is -0.333 e. The third kappa shape index (κ3) is 5.01. The molecule has 0 bridgehead atoms. The van der Waals surface area contributed by atoms with Crippen LogP contribution in [0.3, 0.4) is 0 Å². The molecule has 3 aromatic rings. The van der Waals surface area contributed by atoms with Crippen molar-refractivity contribution in [1.82, 2.24) is 20.2 Å². The van der Waals surface area contributed by atoms with Crippen LogP contribution in [0.5, 0.6) is 0 Å². The van der Waals surface area contributed by atoms with Gasteiger partial charge >= 0.3 is 6.03 Å². The van der Waals surface area contributed by atoms with E-state index in [1.807, 2.05) is 79.1 Å². The molecule has 2 aliphatic rings. The van der Waals surface area contributed by atoms with Gasteiger partial charge < -0.3 is 15.1 Å². The zero-order chi connectivity index (χ0) is 25.9. The first kappa shape index (κ1) is 25.1. The Labute approximate surface area is 221 Å². The number of benzene rings is 3. The summed E-state index contributed by atoms with van der Waals surface area (Å²) in [5.41, 5.74) is 1.75. The maximum Gasteiger partial charge on any atom is 0.334 e. The summed E-state index contributed by atoms with van der Waals surface area (Å²) in [5.74, 6) is 0.481. The zero-order valence-corrected chi connectivity index (χ0v) is 21.9. The molecule has 0 saturated carbocycles. The van der Waals surface area contributed by atoms with E-state index >= 15 is 0 Å². The van der Waals surface area contributed by atoms with Crippen LogP contribution in [0.1, 0.15) is 12.0 Å². The van der Waals surface area contributed by atoms with Gasteiger partial charge in [0.2, 0.25) is 11.8 Å². The second-order valence-corrected chi connectivity index (χ2v) is 10.3. The molecule has 2 fully saturated rings. The molecule has 3 aromatic carbocycles. The van der Waals surface area contributed by atoms with Crippen LogP contribution in [0.2, 0.25) is 0 Å². The highest BCUT2D eigenvalue weighted by atomic mass is 32.2. The van der Waals surface area contributed by atoms with E-state index in [0.717, 1.165) is 27.8 Å². The minimum absolute atomic E-state index is 0.0360. The van der Waals surface area contributed by atoms with E-state index in [1.54, 1.807) is 38.6 Å².